The molecule has 5 heteroatoms. The highest BCUT2D eigenvalue weighted by Gasteiger charge is 2.33. The van der Waals surface area contributed by atoms with Crippen LogP contribution in [0.5, 0.6) is 0 Å². The number of nitrogens with zero attached hydrogens (tertiary/aromatic N) is 3. The van der Waals surface area contributed by atoms with Crippen molar-refractivity contribution >= 4 is 16.6 Å². The number of H-pyrrole nitrogens is 1. The maximum atomic E-state index is 5.97. The molecule has 0 aliphatic carbocycles. The molecule has 4 rings (SSSR count). The standard InChI is InChI=1S/C18H22N4O/c1-21-9-8-20-18(21)17-14(6-10-23-17)12-22(2)15-4-3-13-5-7-19-16(13)11-15/h3-5,7-9,11,14,17,19H,6,10,12H2,1-2H3/t14-,17+/m0/s1. The van der Waals surface area contributed by atoms with E-state index in [0.717, 1.165) is 25.4 Å². The largest absolute Gasteiger partial charge is 0.374 e. The van der Waals surface area contributed by atoms with E-state index in [1.54, 1.807) is 0 Å². The van der Waals surface area contributed by atoms with Crippen LogP contribution in [0.1, 0.15) is 18.3 Å². The number of ether oxygens (including phenoxy) is 1. The van der Waals surface area contributed by atoms with E-state index in [2.05, 4.69) is 50.7 Å². The fraction of sp³-hybridized carbons (Fsp3) is 0.389. The third kappa shape index (κ3) is 2.61. The Hall–Kier alpha value is -2.27. The quantitative estimate of drug-likeness (QED) is 0.805. The second-order valence-corrected chi connectivity index (χ2v) is 6.37. The molecule has 2 atom stereocenters. The number of hydrogen-bond acceptors (Lipinski definition) is 3. The zero-order chi connectivity index (χ0) is 15.8. The Balaban J connectivity index is 1.53. The van der Waals surface area contributed by atoms with E-state index in [1.165, 1.54) is 16.6 Å². The van der Waals surface area contributed by atoms with E-state index in [1.807, 2.05) is 25.6 Å². The number of anilines is 1. The first-order valence-electron chi connectivity index (χ1n) is 8.09. The Morgan fingerprint density at radius 1 is 1.39 bits per heavy atom. The van der Waals surface area contributed by atoms with Crippen LogP contribution in [0.25, 0.3) is 10.9 Å². The predicted octanol–water partition coefficient (Wildman–Crippen LogP) is 3.12. The van der Waals surface area contributed by atoms with Gasteiger partial charge >= 0.3 is 0 Å². The average Bonchev–Trinajstić information content (AvgIpc) is 3.26. The van der Waals surface area contributed by atoms with E-state index >= 15 is 0 Å². The molecule has 0 bridgehead atoms. The maximum absolute atomic E-state index is 5.97. The normalized spacial score (nSPS) is 21.1. The van der Waals surface area contributed by atoms with Gasteiger partial charge in [-0.3, -0.25) is 0 Å². The first-order chi connectivity index (χ1) is 11.2. The van der Waals surface area contributed by atoms with Gasteiger partial charge in [-0.25, -0.2) is 4.98 Å². The average molecular weight is 310 g/mol. The number of hydrogen-bond donors (Lipinski definition) is 1. The van der Waals surface area contributed by atoms with Crippen molar-refractivity contribution < 1.29 is 4.74 Å². The molecule has 3 aromatic rings. The molecule has 0 radical (unpaired) electrons. The molecule has 0 unspecified atom stereocenters. The lowest BCUT2D eigenvalue weighted by atomic mass is 10.00. The third-order valence-corrected chi connectivity index (χ3v) is 4.81. The maximum Gasteiger partial charge on any atom is 0.138 e. The summed E-state index contributed by atoms with van der Waals surface area (Å²) in [5, 5.41) is 1.25. The highest BCUT2D eigenvalue weighted by molar-refractivity contribution is 5.82. The molecule has 1 N–H and O–H groups in total. The van der Waals surface area contributed by atoms with Gasteiger partial charge in [0, 0.05) is 63.0 Å². The van der Waals surface area contributed by atoms with Crippen molar-refractivity contribution in [1.82, 2.24) is 14.5 Å². The highest BCUT2D eigenvalue weighted by Crippen LogP contribution is 2.34. The van der Waals surface area contributed by atoms with Crippen LogP contribution < -0.4 is 4.90 Å². The Morgan fingerprint density at radius 2 is 2.30 bits per heavy atom. The Morgan fingerprint density at radius 3 is 3.13 bits per heavy atom. The third-order valence-electron chi connectivity index (χ3n) is 4.81. The number of benzene rings is 1. The van der Waals surface area contributed by atoms with Gasteiger partial charge in [0.25, 0.3) is 0 Å². The first-order valence-corrected chi connectivity index (χ1v) is 8.09. The van der Waals surface area contributed by atoms with Gasteiger partial charge in [-0.1, -0.05) is 6.07 Å². The monoisotopic (exact) mass is 310 g/mol. The van der Waals surface area contributed by atoms with Crippen LogP contribution in [0.2, 0.25) is 0 Å². The summed E-state index contributed by atoms with van der Waals surface area (Å²) >= 11 is 0. The molecule has 1 aromatic carbocycles. The van der Waals surface area contributed by atoms with Gasteiger partial charge in [0.2, 0.25) is 0 Å². The second-order valence-electron chi connectivity index (χ2n) is 6.37. The summed E-state index contributed by atoms with van der Waals surface area (Å²) in [5.74, 6) is 1.49. The van der Waals surface area contributed by atoms with Gasteiger partial charge in [0.05, 0.1) is 0 Å². The number of imidazole rings is 1. The minimum Gasteiger partial charge on any atom is -0.374 e. The zero-order valence-electron chi connectivity index (χ0n) is 13.6. The molecular weight excluding hydrogens is 288 g/mol. The summed E-state index contributed by atoms with van der Waals surface area (Å²) in [6.07, 6.45) is 6.98. The Bertz CT molecular complexity index is 806. The Kier molecular flexibility index (Phi) is 3.58. The molecule has 1 aliphatic rings. The minimum absolute atomic E-state index is 0.0895. The second kappa shape index (κ2) is 5.74. The van der Waals surface area contributed by atoms with Crippen molar-refractivity contribution in [3.8, 4) is 0 Å². The number of aryl methyl sites for hydroxylation is 1. The van der Waals surface area contributed by atoms with E-state index in [-0.39, 0.29) is 6.10 Å². The number of aromatic nitrogens is 3. The predicted molar refractivity (Wildman–Crippen MR) is 91.6 cm³/mol. The molecule has 0 saturated carbocycles. The zero-order valence-corrected chi connectivity index (χ0v) is 13.6. The van der Waals surface area contributed by atoms with Crippen LogP contribution in [-0.4, -0.2) is 34.7 Å². The van der Waals surface area contributed by atoms with Crippen LogP contribution in [0.3, 0.4) is 0 Å². The van der Waals surface area contributed by atoms with Gasteiger partial charge in [-0.2, -0.15) is 0 Å². The van der Waals surface area contributed by atoms with Gasteiger partial charge < -0.3 is 19.2 Å². The van der Waals surface area contributed by atoms with Crippen LogP contribution >= 0.6 is 0 Å². The molecule has 2 aromatic heterocycles. The summed E-state index contributed by atoms with van der Waals surface area (Å²) in [5.41, 5.74) is 2.41. The lowest BCUT2D eigenvalue weighted by molar-refractivity contribution is 0.0828. The molecule has 1 aliphatic heterocycles. The van der Waals surface area contributed by atoms with Crippen molar-refractivity contribution in [2.24, 2.45) is 13.0 Å². The van der Waals surface area contributed by atoms with Crippen LogP contribution in [0, 0.1) is 5.92 Å². The first kappa shape index (κ1) is 14.3. The molecule has 23 heavy (non-hydrogen) atoms. The minimum atomic E-state index is 0.0895. The van der Waals surface area contributed by atoms with Crippen molar-refractivity contribution in [3.63, 3.8) is 0 Å². The molecule has 1 fully saturated rings. The smallest absolute Gasteiger partial charge is 0.138 e. The van der Waals surface area contributed by atoms with Crippen molar-refractivity contribution in [2.75, 3.05) is 25.1 Å². The van der Waals surface area contributed by atoms with Crippen molar-refractivity contribution in [1.29, 1.82) is 0 Å². The SMILES string of the molecule is CN(C[C@@H]1CCO[C@H]1c1nccn1C)c1ccc2cc[nH]c2c1. The molecule has 5 nitrogen and oxygen atoms in total. The molecule has 120 valence electrons. The molecule has 1 saturated heterocycles. The molecule has 3 heterocycles. The number of aromatic amines is 1. The highest BCUT2D eigenvalue weighted by atomic mass is 16.5. The van der Waals surface area contributed by atoms with Gasteiger partial charge in [0.1, 0.15) is 11.9 Å². The summed E-state index contributed by atoms with van der Waals surface area (Å²) in [6, 6.07) is 8.66. The summed E-state index contributed by atoms with van der Waals surface area (Å²) in [4.78, 5) is 10.1. The van der Waals surface area contributed by atoms with Crippen molar-refractivity contribution in [3.05, 3.63) is 48.7 Å². The van der Waals surface area contributed by atoms with E-state index in [4.69, 9.17) is 4.74 Å². The van der Waals surface area contributed by atoms with Crippen LogP contribution in [0.4, 0.5) is 5.69 Å². The molecule has 0 spiro atoms. The summed E-state index contributed by atoms with van der Waals surface area (Å²) in [6.45, 7) is 1.77. The number of fused-ring (bicyclic) bond motifs is 1. The fourth-order valence-corrected chi connectivity index (χ4v) is 3.49. The molecule has 0 amide bonds. The van der Waals surface area contributed by atoms with Crippen LogP contribution in [0.15, 0.2) is 42.9 Å². The van der Waals surface area contributed by atoms with Gasteiger partial charge in [-0.05, 0) is 30.0 Å². The van der Waals surface area contributed by atoms with Gasteiger partial charge in [-0.15, -0.1) is 0 Å². The number of rotatable bonds is 4. The van der Waals surface area contributed by atoms with E-state index < -0.39 is 0 Å². The number of nitrogens with one attached hydrogen (secondary N) is 1. The van der Waals surface area contributed by atoms with E-state index in [0.29, 0.717) is 5.92 Å². The molecular formula is C18H22N4O. The summed E-state index contributed by atoms with van der Waals surface area (Å²) in [7, 11) is 4.18. The van der Waals surface area contributed by atoms with Crippen molar-refractivity contribution in [2.45, 2.75) is 12.5 Å². The van der Waals surface area contributed by atoms with E-state index in [9.17, 15) is 0 Å². The lowest BCUT2D eigenvalue weighted by Crippen LogP contribution is -2.28. The topological polar surface area (TPSA) is 46.1 Å². The Labute approximate surface area is 135 Å². The van der Waals surface area contributed by atoms with Gasteiger partial charge in [0.15, 0.2) is 0 Å². The lowest BCUT2D eigenvalue weighted by Gasteiger charge is -2.26. The fourth-order valence-electron chi connectivity index (χ4n) is 3.49. The van der Waals surface area contributed by atoms with Crippen LogP contribution in [-0.2, 0) is 11.8 Å². The summed E-state index contributed by atoms with van der Waals surface area (Å²) < 4.78 is 8.03.